The number of hydrogen-bond acceptors (Lipinski definition) is 2. The van der Waals surface area contributed by atoms with Gasteiger partial charge in [0.15, 0.2) is 0 Å². The third-order valence-electron chi connectivity index (χ3n) is 6.99. The second kappa shape index (κ2) is 5.22. The zero-order valence-corrected chi connectivity index (χ0v) is 14.2. The molecule has 5 unspecified atom stereocenters. The van der Waals surface area contributed by atoms with Crippen molar-refractivity contribution in [1.29, 1.82) is 0 Å². The SMILES string of the molecule is Cl.NC1CCC2CN(C(=O)C3CC34CCc3ccccc34)CC12. The van der Waals surface area contributed by atoms with Gasteiger partial charge >= 0.3 is 0 Å². The molecule has 124 valence electrons. The van der Waals surface area contributed by atoms with Crippen LogP contribution < -0.4 is 5.73 Å². The molecular weight excluding hydrogens is 308 g/mol. The predicted molar refractivity (Wildman–Crippen MR) is 92.6 cm³/mol. The maximum Gasteiger partial charge on any atom is 0.226 e. The average Bonchev–Trinajstić information content (AvgIpc) is 2.82. The number of rotatable bonds is 1. The van der Waals surface area contributed by atoms with Gasteiger partial charge in [0.2, 0.25) is 5.91 Å². The van der Waals surface area contributed by atoms with Crippen molar-refractivity contribution in [3.8, 4) is 0 Å². The van der Waals surface area contributed by atoms with E-state index >= 15 is 0 Å². The summed E-state index contributed by atoms with van der Waals surface area (Å²) in [4.78, 5) is 15.1. The van der Waals surface area contributed by atoms with E-state index in [-0.39, 0.29) is 23.7 Å². The standard InChI is InChI=1S/C19H24N2O.ClH/c20-17-6-5-13-10-21(11-14(13)17)18(22)16-9-19(16)8-7-12-3-1-2-4-15(12)19;/h1-4,13-14,16-17H,5-11,20H2;1H. The molecule has 1 saturated heterocycles. The van der Waals surface area contributed by atoms with Crippen LogP contribution in [0, 0.1) is 17.8 Å². The molecule has 0 aromatic heterocycles. The van der Waals surface area contributed by atoms with Crippen molar-refractivity contribution in [3.63, 3.8) is 0 Å². The molecule has 1 aliphatic heterocycles. The molecule has 2 saturated carbocycles. The maximum absolute atomic E-state index is 13.0. The molecule has 23 heavy (non-hydrogen) atoms. The van der Waals surface area contributed by atoms with Crippen LogP contribution in [-0.4, -0.2) is 29.9 Å². The van der Waals surface area contributed by atoms with Crippen LogP contribution in [0.5, 0.6) is 0 Å². The molecule has 3 nitrogen and oxygen atoms in total. The molecule has 1 spiro atoms. The first kappa shape index (κ1) is 15.5. The Morgan fingerprint density at radius 1 is 1.22 bits per heavy atom. The highest BCUT2D eigenvalue weighted by Crippen LogP contribution is 2.62. The van der Waals surface area contributed by atoms with Gasteiger partial charge in [-0.2, -0.15) is 0 Å². The summed E-state index contributed by atoms with van der Waals surface area (Å²) in [6.45, 7) is 1.88. The lowest BCUT2D eigenvalue weighted by Crippen LogP contribution is -2.35. The van der Waals surface area contributed by atoms with Crippen LogP contribution in [0.1, 0.15) is 36.8 Å². The van der Waals surface area contributed by atoms with E-state index in [9.17, 15) is 4.79 Å². The summed E-state index contributed by atoms with van der Waals surface area (Å²) in [5.74, 6) is 1.89. The van der Waals surface area contributed by atoms with Crippen LogP contribution in [0.3, 0.4) is 0 Å². The molecule has 5 rings (SSSR count). The Hall–Kier alpha value is -1.06. The smallest absolute Gasteiger partial charge is 0.226 e. The van der Waals surface area contributed by atoms with Crippen LogP contribution in [0.15, 0.2) is 24.3 Å². The van der Waals surface area contributed by atoms with Crippen LogP contribution in [0.25, 0.3) is 0 Å². The van der Waals surface area contributed by atoms with E-state index in [4.69, 9.17) is 5.73 Å². The van der Waals surface area contributed by atoms with E-state index in [0.29, 0.717) is 23.8 Å². The van der Waals surface area contributed by atoms with Gasteiger partial charge in [-0.3, -0.25) is 4.79 Å². The topological polar surface area (TPSA) is 46.3 Å². The molecule has 1 amide bonds. The number of nitrogens with two attached hydrogens (primary N) is 1. The maximum atomic E-state index is 13.0. The summed E-state index contributed by atoms with van der Waals surface area (Å²) in [5, 5.41) is 0. The van der Waals surface area contributed by atoms with Crippen LogP contribution in [0.2, 0.25) is 0 Å². The molecule has 3 aliphatic carbocycles. The highest BCUT2D eigenvalue weighted by Gasteiger charge is 2.62. The Kier molecular flexibility index (Phi) is 3.51. The van der Waals surface area contributed by atoms with Crippen molar-refractivity contribution in [3.05, 3.63) is 35.4 Å². The number of carbonyl (C=O) groups excluding carboxylic acids is 1. The van der Waals surface area contributed by atoms with Gasteiger partial charge in [0, 0.05) is 30.5 Å². The summed E-state index contributed by atoms with van der Waals surface area (Å²) < 4.78 is 0. The number of likely N-dealkylation sites (tertiary alicyclic amines) is 1. The summed E-state index contributed by atoms with van der Waals surface area (Å²) in [7, 11) is 0. The van der Waals surface area contributed by atoms with Crippen LogP contribution in [-0.2, 0) is 16.6 Å². The van der Waals surface area contributed by atoms with Crippen molar-refractivity contribution in [2.24, 2.45) is 23.5 Å². The van der Waals surface area contributed by atoms with Crippen molar-refractivity contribution >= 4 is 18.3 Å². The van der Waals surface area contributed by atoms with E-state index in [2.05, 4.69) is 29.2 Å². The van der Waals surface area contributed by atoms with E-state index in [0.717, 1.165) is 32.4 Å². The van der Waals surface area contributed by atoms with Crippen LogP contribution in [0.4, 0.5) is 0 Å². The fourth-order valence-electron chi connectivity index (χ4n) is 5.63. The molecule has 3 fully saturated rings. The number of benzene rings is 1. The van der Waals surface area contributed by atoms with E-state index in [1.54, 1.807) is 0 Å². The normalized spacial score (nSPS) is 40.0. The van der Waals surface area contributed by atoms with Crippen LogP contribution >= 0.6 is 12.4 Å². The molecular formula is C19H25ClN2O. The third kappa shape index (κ3) is 2.09. The lowest BCUT2D eigenvalue weighted by atomic mass is 9.95. The van der Waals surface area contributed by atoms with Crippen molar-refractivity contribution in [2.45, 2.75) is 43.6 Å². The molecule has 5 atom stereocenters. The molecule has 0 radical (unpaired) electrons. The fourth-order valence-corrected chi connectivity index (χ4v) is 5.63. The Bertz CT molecular complexity index is 648. The monoisotopic (exact) mass is 332 g/mol. The number of carbonyl (C=O) groups is 1. The van der Waals surface area contributed by atoms with E-state index in [1.807, 2.05) is 0 Å². The van der Waals surface area contributed by atoms with Gasteiger partial charge in [0.25, 0.3) is 0 Å². The van der Waals surface area contributed by atoms with Crippen molar-refractivity contribution in [2.75, 3.05) is 13.1 Å². The van der Waals surface area contributed by atoms with Gasteiger partial charge in [-0.05, 0) is 55.1 Å². The molecule has 4 aliphatic rings. The first-order chi connectivity index (χ1) is 10.7. The summed E-state index contributed by atoms with van der Waals surface area (Å²) in [6.07, 6.45) is 5.76. The first-order valence-electron chi connectivity index (χ1n) is 8.82. The Balaban J connectivity index is 0.00000135. The van der Waals surface area contributed by atoms with Crippen molar-refractivity contribution < 1.29 is 4.79 Å². The minimum absolute atomic E-state index is 0. The molecule has 1 aromatic carbocycles. The van der Waals surface area contributed by atoms with E-state index in [1.165, 1.54) is 24.0 Å². The van der Waals surface area contributed by atoms with Gasteiger partial charge in [-0.1, -0.05) is 24.3 Å². The summed E-state index contributed by atoms with van der Waals surface area (Å²) in [6, 6.07) is 9.07. The summed E-state index contributed by atoms with van der Waals surface area (Å²) >= 11 is 0. The van der Waals surface area contributed by atoms with Crippen molar-refractivity contribution in [1.82, 2.24) is 4.90 Å². The Morgan fingerprint density at radius 3 is 2.87 bits per heavy atom. The average molecular weight is 333 g/mol. The zero-order valence-electron chi connectivity index (χ0n) is 13.4. The number of hydrogen-bond donors (Lipinski definition) is 1. The zero-order chi connectivity index (χ0) is 14.9. The lowest BCUT2D eigenvalue weighted by Gasteiger charge is -2.20. The quantitative estimate of drug-likeness (QED) is 0.859. The molecule has 4 heteroatoms. The second-order valence-corrected chi connectivity index (χ2v) is 7.98. The first-order valence-corrected chi connectivity index (χ1v) is 8.82. The number of amides is 1. The number of aryl methyl sites for hydroxylation is 1. The van der Waals surface area contributed by atoms with E-state index < -0.39 is 0 Å². The lowest BCUT2D eigenvalue weighted by molar-refractivity contribution is -0.132. The highest BCUT2D eigenvalue weighted by molar-refractivity contribution is 5.85. The minimum Gasteiger partial charge on any atom is -0.342 e. The Labute approximate surface area is 144 Å². The Morgan fingerprint density at radius 2 is 2.04 bits per heavy atom. The molecule has 1 aromatic rings. The van der Waals surface area contributed by atoms with Gasteiger partial charge in [-0.15, -0.1) is 12.4 Å². The molecule has 0 bridgehead atoms. The van der Waals surface area contributed by atoms with Gasteiger partial charge in [0.1, 0.15) is 0 Å². The van der Waals surface area contributed by atoms with Gasteiger partial charge in [-0.25, -0.2) is 0 Å². The summed E-state index contributed by atoms with van der Waals surface area (Å²) in [5.41, 5.74) is 9.34. The number of halogens is 1. The molecule has 2 N–H and O–H groups in total. The van der Waals surface area contributed by atoms with Gasteiger partial charge < -0.3 is 10.6 Å². The largest absolute Gasteiger partial charge is 0.342 e. The number of nitrogens with zero attached hydrogens (tertiary/aromatic N) is 1. The predicted octanol–water partition coefficient (Wildman–Crippen LogP) is 2.51. The second-order valence-electron chi connectivity index (χ2n) is 7.98. The number of fused-ring (bicyclic) bond motifs is 3. The van der Waals surface area contributed by atoms with Gasteiger partial charge in [0.05, 0.1) is 0 Å². The molecule has 1 heterocycles. The highest BCUT2D eigenvalue weighted by atomic mass is 35.5. The fraction of sp³-hybridized carbons (Fsp3) is 0.632. The third-order valence-corrected chi connectivity index (χ3v) is 6.99. The minimum atomic E-state index is 0.